The van der Waals surface area contributed by atoms with E-state index in [1.807, 2.05) is 22.6 Å². The summed E-state index contributed by atoms with van der Waals surface area (Å²) >= 11 is 2.05. The normalized spacial score (nSPS) is 4.67. The molecule has 0 aromatic rings. The van der Waals surface area contributed by atoms with Crippen molar-refractivity contribution in [1.29, 1.82) is 0 Å². The quantitative estimate of drug-likeness (QED) is 0.310. The fourth-order valence-corrected chi connectivity index (χ4v) is 0.259. The van der Waals surface area contributed by atoms with Gasteiger partial charge in [-0.2, -0.15) is 0 Å². The average Bonchev–Trinajstić information content (AvgIpc) is 1.61. The molecular formula is C5H3I. The molecule has 0 aliphatic carbocycles. The predicted molar refractivity (Wildman–Crippen MR) is 35.5 cm³/mol. The molecule has 0 nitrogen and oxygen atoms in total. The van der Waals surface area contributed by atoms with Gasteiger partial charge in [-0.05, 0) is 22.6 Å². The Labute approximate surface area is 51.1 Å². The van der Waals surface area contributed by atoms with Crippen molar-refractivity contribution in [3.05, 3.63) is 15.9 Å². The molecule has 0 atom stereocenters. The first-order chi connectivity index (χ1) is 2.91. The van der Waals surface area contributed by atoms with Gasteiger partial charge in [0.2, 0.25) is 0 Å². The molecule has 0 unspecified atom stereocenters. The summed E-state index contributed by atoms with van der Waals surface area (Å²) in [4.78, 5) is 0. The molecule has 0 bridgehead atoms. The number of hydrogen-bond acceptors (Lipinski definition) is 0. The molecule has 6 heavy (non-hydrogen) atoms. The number of rotatable bonds is 0. The summed E-state index contributed by atoms with van der Waals surface area (Å²) in [6.45, 7) is 0. The largest absolute Gasteiger partial charge is 0.115 e. The maximum Gasteiger partial charge on any atom is 0.0304 e. The fourth-order valence-electron chi connectivity index (χ4n) is 0.0796. The lowest BCUT2D eigenvalue weighted by Gasteiger charge is -1.48. The highest BCUT2D eigenvalue weighted by Gasteiger charge is 1.42. The third-order valence-electron chi connectivity index (χ3n) is 0.230. The van der Waals surface area contributed by atoms with E-state index >= 15 is 0 Å². The zero-order valence-electron chi connectivity index (χ0n) is 3.11. The second-order valence-electron chi connectivity index (χ2n) is 0.587. The molecule has 0 aromatic heterocycles. The van der Waals surface area contributed by atoms with Crippen LogP contribution in [0.5, 0.6) is 0 Å². The highest BCUT2D eigenvalue weighted by molar-refractivity contribution is 14.1. The summed E-state index contributed by atoms with van der Waals surface area (Å²) in [5, 5.41) is 0. The first-order valence-electron chi connectivity index (χ1n) is 1.37. The fraction of sp³-hybridized carbons (Fsp3) is 0. The highest BCUT2D eigenvalue weighted by Crippen LogP contribution is 1.76. The van der Waals surface area contributed by atoms with Crippen molar-refractivity contribution in [2.24, 2.45) is 0 Å². The zero-order chi connectivity index (χ0) is 4.83. The smallest absolute Gasteiger partial charge is 0.0304 e. The lowest BCUT2D eigenvalue weighted by atomic mass is 10.6. The van der Waals surface area contributed by atoms with Crippen molar-refractivity contribution in [2.75, 3.05) is 0 Å². The van der Waals surface area contributed by atoms with E-state index in [1.165, 1.54) is 6.08 Å². The average molecular weight is 190 g/mol. The van der Waals surface area contributed by atoms with Gasteiger partial charge >= 0.3 is 0 Å². The molecular weight excluding hydrogens is 187 g/mol. The topological polar surface area (TPSA) is 0 Å². The first kappa shape index (κ1) is 5.81. The van der Waals surface area contributed by atoms with E-state index in [-0.39, 0.29) is 0 Å². The van der Waals surface area contributed by atoms with Gasteiger partial charge in [-0.15, -0.1) is 12.2 Å². The molecule has 0 saturated carbocycles. The van der Waals surface area contributed by atoms with Crippen molar-refractivity contribution >= 4 is 22.6 Å². The van der Waals surface area contributed by atoms with Gasteiger partial charge in [0.1, 0.15) is 0 Å². The molecule has 0 saturated heterocycles. The lowest BCUT2D eigenvalue weighted by Crippen LogP contribution is -1.31. The number of halogens is 1. The van der Waals surface area contributed by atoms with Crippen LogP contribution < -0.4 is 0 Å². The predicted octanol–water partition coefficient (Wildman–Crippen LogP) is 1.72. The standard InChI is InChI=1S/C5H3I/c1-2-3-4-5-6/h1,3,5H. The van der Waals surface area contributed by atoms with Gasteiger partial charge in [-0.25, -0.2) is 0 Å². The van der Waals surface area contributed by atoms with Crippen LogP contribution in [-0.4, -0.2) is 0 Å². The van der Waals surface area contributed by atoms with E-state index in [0.29, 0.717) is 0 Å². The Kier molecular flexibility index (Phi) is 4.66. The molecule has 0 heterocycles. The molecule has 0 aliphatic heterocycles. The Hall–Kier alpha value is -0.190. The van der Waals surface area contributed by atoms with Gasteiger partial charge in [-0.3, -0.25) is 0 Å². The zero-order valence-corrected chi connectivity index (χ0v) is 5.27. The number of hydrogen-bond donors (Lipinski definition) is 0. The molecule has 30 valence electrons. The van der Waals surface area contributed by atoms with Crippen LogP contribution in [-0.2, 0) is 0 Å². The third-order valence-corrected chi connectivity index (χ3v) is 0.589. The summed E-state index contributed by atoms with van der Waals surface area (Å²) in [7, 11) is 0. The Balaban J connectivity index is 3.56. The monoisotopic (exact) mass is 190 g/mol. The first-order valence-corrected chi connectivity index (χ1v) is 2.62. The van der Waals surface area contributed by atoms with Crippen LogP contribution >= 0.6 is 22.6 Å². The van der Waals surface area contributed by atoms with E-state index in [4.69, 9.17) is 6.42 Å². The molecule has 0 spiro atoms. The van der Waals surface area contributed by atoms with Crippen LogP contribution in [0.25, 0.3) is 0 Å². The summed E-state index contributed by atoms with van der Waals surface area (Å²) in [6, 6.07) is 0. The maximum atomic E-state index is 4.82. The third kappa shape index (κ3) is 3.81. The summed E-state index contributed by atoms with van der Waals surface area (Å²) < 4.78 is 1.73. The number of allylic oxidation sites excluding steroid dienone is 1. The van der Waals surface area contributed by atoms with Crippen molar-refractivity contribution in [1.82, 2.24) is 0 Å². The van der Waals surface area contributed by atoms with Gasteiger partial charge in [0.15, 0.2) is 0 Å². The van der Waals surface area contributed by atoms with E-state index in [2.05, 4.69) is 11.7 Å². The van der Waals surface area contributed by atoms with E-state index in [9.17, 15) is 0 Å². The van der Waals surface area contributed by atoms with Gasteiger partial charge in [0.25, 0.3) is 0 Å². The SMILES string of the molecule is C#CC=C=CI. The van der Waals surface area contributed by atoms with E-state index in [1.54, 1.807) is 4.08 Å². The molecule has 0 fully saturated rings. The van der Waals surface area contributed by atoms with Crippen LogP contribution in [0.1, 0.15) is 0 Å². The molecule has 0 aromatic carbocycles. The second-order valence-corrected chi connectivity index (χ2v) is 1.21. The van der Waals surface area contributed by atoms with Gasteiger partial charge in [0, 0.05) is 10.2 Å². The Morgan fingerprint density at radius 1 is 1.67 bits per heavy atom. The van der Waals surface area contributed by atoms with E-state index < -0.39 is 0 Å². The van der Waals surface area contributed by atoms with Crippen molar-refractivity contribution in [3.8, 4) is 12.3 Å². The second kappa shape index (κ2) is 4.81. The van der Waals surface area contributed by atoms with Crippen LogP contribution in [0.2, 0.25) is 0 Å². The lowest BCUT2D eigenvalue weighted by molar-refractivity contribution is 2.24. The van der Waals surface area contributed by atoms with Crippen LogP contribution in [0.4, 0.5) is 0 Å². The molecule has 1 heteroatoms. The number of terminal acetylenes is 1. The Morgan fingerprint density at radius 2 is 2.33 bits per heavy atom. The summed E-state index contributed by atoms with van der Waals surface area (Å²) in [6.07, 6.45) is 6.34. The van der Waals surface area contributed by atoms with Crippen molar-refractivity contribution < 1.29 is 0 Å². The summed E-state index contributed by atoms with van der Waals surface area (Å²) in [5.74, 6) is 2.30. The molecule has 0 aliphatic rings. The Morgan fingerprint density at radius 3 is 2.50 bits per heavy atom. The van der Waals surface area contributed by atoms with Gasteiger partial charge in [0.05, 0.1) is 0 Å². The summed E-state index contributed by atoms with van der Waals surface area (Å²) in [5.41, 5.74) is 2.70. The minimum absolute atomic E-state index is 1.52. The molecule has 0 N–H and O–H groups in total. The van der Waals surface area contributed by atoms with Crippen molar-refractivity contribution in [3.63, 3.8) is 0 Å². The van der Waals surface area contributed by atoms with E-state index in [0.717, 1.165) is 0 Å². The van der Waals surface area contributed by atoms with Crippen LogP contribution in [0.3, 0.4) is 0 Å². The Bertz CT molecular complexity index is 110. The van der Waals surface area contributed by atoms with Crippen molar-refractivity contribution in [2.45, 2.75) is 0 Å². The molecule has 0 radical (unpaired) electrons. The van der Waals surface area contributed by atoms with Gasteiger partial charge < -0.3 is 0 Å². The molecule has 0 amide bonds. The van der Waals surface area contributed by atoms with Gasteiger partial charge in [-0.1, -0.05) is 5.92 Å². The van der Waals surface area contributed by atoms with Crippen LogP contribution in [0.15, 0.2) is 15.9 Å². The minimum Gasteiger partial charge on any atom is -0.115 e. The highest BCUT2D eigenvalue weighted by atomic mass is 127. The molecule has 0 rings (SSSR count). The minimum atomic E-state index is 1.52. The maximum absolute atomic E-state index is 4.82. The van der Waals surface area contributed by atoms with Crippen LogP contribution in [0, 0.1) is 12.3 Å².